The molecule has 0 radical (unpaired) electrons. The number of aromatic nitrogens is 2. The van der Waals surface area contributed by atoms with Gasteiger partial charge in [0.05, 0.1) is 6.20 Å². The molecule has 0 aliphatic rings. The maximum absolute atomic E-state index is 3.86. The molecular formula is C11H10N2. The summed E-state index contributed by atoms with van der Waals surface area (Å²) in [5.74, 6) is 0. The van der Waals surface area contributed by atoms with Crippen LogP contribution in [0.2, 0.25) is 0 Å². The number of hydrogen-bond acceptors (Lipinski definition) is 1. The zero-order chi connectivity index (χ0) is 8.93. The van der Waals surface area contributed by atoms with Crippen LogP contribution in [0.4, 0.5) is 0 Å². The van der Waals surface area contributed by atoms with Gasteiger partial charge in [0.1, 0.15) is 0 Å². The molecule has 1 heterocycles. The van der Waals surface area contributed by atoms with E-state index in [2.05, 4.69) is 28.4 Å². The molecule has 0 aliphatic carbocycles. The standard InChI is InChI=1S/C11H10N2/c1-2-4-10(5-3-1)6-7-11-8-12-13-9-11/h1-9H,(H,12,13). The van der Waals surface area contributed by atoms with E-state index in [4.69, 9.17) is 0 Å². The van der Waals surface area contributed by atoms with Crippen LogP contribution in [0.1, 0.15) is 11.1 Å². The predicted molar refractivity (Wildman–Crippen MR) is 54.0 cm³/mol. The maximum atomic E-state index is 3.86. The van der Waals surface area contributed by atoms with Crippen molar-refractivity contribution in [3.63, 3.8) is 0 Å². The number of rotatable bonds is 2. The van der Waals surface area contributed by atoms with Gasteiger partial charge in [-0.25, -0.2) is 0 Å². The SMILES string of the molecule is C(=Cc1cn[nH]c1)c1ccccc1. The Morgan fingerprint density at radius 2 is 1.77 bits per heavy atom. The number of aromatic amines is 1. The van der Waals surface area contributed by atoms with Crippen LogP contribution in [0, 0.1) is 0 Å². The number of H-pyrrole nitrogens is 1. The normalized spacial score (nSPS) is 10.8. The van der Waals surface area contributed by atoms with Crippen molar-refractivity contribution in [3.8, 4) is 0 Å². The summed E-state index contributed by atoms with van der Waals surface area (Å²) in [5, 5.41) is 6.62. The molecule has 0 fully saturated rings. The lowest BCUT2D eigenvalue weighted by molar-refractivity contribution is 1.09. The topological polar surface area (TPSA) is 28.7 Å². The highest BCUT2D eigenvalue weighted by Crippen LogP contribution is 2.05. The van der Waals surface area contributed by atoms with Gasteiger partial charge in [-0.2, -0.15) is 5.10 Å². The van der Waals surface area contributed by atoms with Crippen LogP contribution in [0.25, 0.3) is 12.2 Å². The minimum absolute atomic E-state index is 1.09. The molecule has 2 aromatic rings. The number of benzene rings is 1. The molecule has 13 heavy (non-hydrogen) atoms. The van der Waals surface area contributed by atoms with E-state index >= 15 is 0 Å². The van der Waals surface area contributed by atoms with Gasteiger partial charge < -0.3 is 0 Å². The summed E-state index contributed by atoms with van der Waals surface area (Å²) < 4.78 is 0. The Morgan fingerprint density at radius 1 is 1.00 bits per heavy atom. The van der Waals surface area contributed by atoms with E-state index < -0.39 is 0 Å². The van der Waals surface area contributed by atoms with Crippen molar-refractivity contribution in [1.29, 1.82) is 0 Å². The number of nitrogens with zero attached hydrogens (tertiary/aromatic N) is 1. The van der Waals surface area contributed by atoms with Gasteiger partial charge >= 0.3 is 0 Å². The quantitative estimate of drug-likeness (QED) is 0.737. The lowest BCUT2D eigenvalue weighted by atomic mass is 10.2. The largest absolute Gasteiger partial charge is 0.285 e. The molecule has 1 aromatic carbocycles. The van der Waals surface area contributed by atoms with E-state index in [1.807, 2.05) is 30.5 Å². The molecule has 0 saturated carbocycles. The van der Waals surface area contributed by atoms with Gasteiger partial charge in [0.25, 0.3) is 0 Å². The lowest BCUT2D eigenvalue weighted by Gasteiger charge is -1.89. The second-order valence-electron chi connectivity index (χ2n) is 2.78. The zero-order valence-electron chi connectivity index (χ0n) is 7.14. The fourth-order valence-electron chi connectivity index (χ4n) is 1.11. The molecule has 1 aromatic heterocycles. The van der Waals surface area contributed by atoms with Crippen LogP contribution in [-0.4, -0.2) is 10.2 Å². The average Bonchev–Trinajstić information content (AvgIpc) is 2.69. The fourth-order valence-corrected chi connectivity index (χ4v) is 1.11. The Labute approximate surface area is 76.9 Å². The highest BCUT2D eigenvalue weighted by atomic mass is 15.1. The Balaban J connectivity index is 2.15. The van der Waals surface area contributed by atoms with Gasteiger partial charge in [0.2, 0.25) is 0 Å². The zero-order valence-corrected chi connectivity index (χ0v) is 7.14. The summed E-state index contributed by atoms with van der Waals surface area (Å²) in [6.07, 6.45) is 7.74. The molecule has 0 spiro atoms. The van der Waals surface area contributed by atoms with Crippen LogP contribution < -0.4 is 0 Å². The van der Waals surface area contributed by atoms with Crippen LogP contribution in [0.3, 0.4) is 0 Å². The number of hydrogen-bond donors (Lipinski definition) is 1. The van der Waals surface area contributed by atoms with Crippen molar-refractivity contribution >= 4 is 12.2 Å². The fraction of sp³-hybridized carbons (Fsp3) is 0. The van der Waals surface area contributed by atoms with Gasteiger partial charge in [-0.05, 0) is 5.56 Å². The lowest BCUT2D eigenvalue weighted by Crippen LogP contribution is -1.68. The molecular weight excluding hydrogens is 160 g/mol. The predicted octanol–water partition coefficient (Wildman–Crippen LogP) is 2.58. The van der Waals surface area contributed by atoms with Gasteiger partial charge in [-0.3, -0.25) is 5.10 Å². The van der Waals surface area contributed by atoms with E-state index in [1.165, 1.54) is 5.56 Å². The molecule has 0 bridgehead atoms. The van der Waals surface area contributed by atoms with Gasteiger partial charge in [-0.1, -0.05) is 42.5 Å². The van der Waals surface area contributed by atoms with Crippen LogP contribution in [-0.2, 0) is 0 Å². The summed E-state index contributed by atoms with van der Waals surface area (Å²) in [5.41, 5.74) is 2.28. The van der Waals surface area contributed by atoms with Crippen LogP contribution in [0.5, 0.6) is 0 Å². The van der Waals surface area contributed by atoms with Crippen molar-refractivity contribution in [1.82, 2.24) is 10.2 Å². The van der Waals surface area contributed by atoms with E-state index in [0.29, 0.717) is 0 Å². The van der Waals surface area contributed by atoms with E-state index in [9.17, 15) is 0 Å². The second-order valence-corrected chi connectivity index (χ2v) is 2.78. The molecule has 2 nitrogen and oxygen atoms in total. The first-order valence-corrected chi connectivity index (χ1v) is 4.17. The molecule has 2 heteroatoms. The smallest absolute Gasteiger partial charge is 0.0559 e. The first-order chi connectivity index (χ1) is 6.45. The molecule has 0 aliphatic heterocycles. The highest BCUT2D eigenvalue weighted by Gasteiger charge is 1.86. The van der Waals surface area contributed by atoms with Crippen molar-refractivity contribution in [3.05, 3.63) is 53.9 Å². The van der Waals surface area contributed by atoms with E-state index in [1.54, 1.807) is 6.20 Å². The molecule has 1 N–H and O–H groups in total. The Kier molecular flexibility index (Phi) is 2.23. The van der Waals surface area contributed by atoms with E-state index in [-0.39, 0.29) is 0 Å². The monoisotopic (exact) mass is 170 g/mol. The Hall–Kier alpha value is -1.83. The summed E-state index contributed by atoms with van der Waals surface area (Å²) in [7, 11) is 0. The van der Waals surface area contributed by atoms with Gasteiger partial charge in [0, 0.05) is 11.8 Å². The molecule has 0 atom stereocenters. The van der Waals surface area contributed by atoms with Crippen LogP contribution >= 0.6 is 0 Å². The van der Waals surface area contributed by atoms with Crippen LogP contribution in [0.15, 0.2) is 42.7 Å². The van der Waals surface area contributed by atoms with Gasteiger partial charge in [0.15, 0.2) is 0 Å². The van der Waals surface area contributed by atoms with Crippen molar-refractivity contribution < 1.29 is 0 Å². The second kappa shape index (κ2) is 3.72. The Morgan fingerprint density at radius 3 is 2.46 bits per heavy atom. The number of nitrogens with one attached hydrogen (secondary N) is 1. The highest BCUT2D eigenvalue weighted by molar-refractivity contribution is 5.68. The van der Waals surface area contributed by atoms with Crippen molar-refractivity contribution in [2.75, 3.05) is 0 Å². The van der Waals surface area contributed by atoms with Crippen molar-refractivity contribution in [2.24, 2.45) is 0 Å². The molecule has 0 unspecified atom stereocenters. The van der Waals surface area contributed by atoms with Gasteiger partial charge in [-0.15, -0.1) is 0 Å². The molecule has 0 amide bonds. The maximum Gasteiger partial charge on any atom is 0.0559 e. The molecule has 2 rings (SSSR count). The summed E-state index contributed by atoms with van der Waals surface area (Å²) in [4.78, 5) is 0. The van der Waals surface area contributed by atoms with E-state index in [0.717, 1.165) is 5.56 Å². The molecule has 64 valence electrons. The summed E-state index contributed by atoms with van der Waals surface area (Å²) in [6, 6.07) is 10.2. The Bertz CT molecular complexity index is 374. The third-order valence-electron chi connectivity index (χ3n) is 1.79. The molecule has 0 saturated heterocycles. The van der Waals surface area contributed by atoms with Crippen molar-refractivity contribution in [2.45, 2.75) is 0 Å². The average molecular weight is 170 g/mol. The first-order valence-electron chi connectivity index (χ1n) is 4.17. The third-order valence-corrected chi connectivity index (χ3v) is 1.79. The minimum Gasteiger partial charge on any atom is -0.285 e. The third kappa shape index (κ3) is 2.06. The summed E-state index contributed by atoms with van der Waals surface area (Å²) >= 11 is 0. The minimum atomic E-state index is 1.09. The summed E-state index contributed by atoms with van der Waals surface area (Å²) in [6.45, 7) is 0. The first kappa shape index (κ1) is 7.80.